The van der Waals surface area contributed by atoms with E-state index in [2.05, 4.69) is 10.6 Å². The Morgan fingerprint density at radius 1 is 1.07 bits per heavy atom. The van der Waals surface area contributed by atoms with Gasteiger partial charge in [-0.25, -0.2) is 18.4 Å². The SMILES string of the molecule is CCNC(=O)Nc1ccc(N2CCCN(Cc3cc(F)cc(F)c3)C2=O)cc1. The normalized spacial score (nSPS) is 14.2. The Bertz CT molecular complexity index is 838. The second kappa shape index (κ2) is 8.69. The lowest BCUT2D eigenvalue weighted by Gasteiger charge is -2.35. The molecule has 1 aliphatic rings. The minimum atomic E-state index is -0.661. The molecule has 0 spiro atoms. The van der Waals surface area contributed by atoms with E-state index in [1.807, 2.05) is 6.92 Å². The Hall–Kier alpha value is -3.16. The van der Waals surface area contributed by atoms with Gasteiger partial charge in [0.05, 0.1) is 0 Å². The standard InChI is InChI=1S/C20H22F2N4O2/c1-2-23-19(27)24-17-4-6-18(7-5-17)26-9-3-8-25(20(26)28)13-14-10-15(21)12-16(22)11-14/h4-7,10-12H,2-3,8-9,13H2,1H3,(H2,23,24,27). The van der Waals surface area contributed by atoms with Crippen LogP contribution in [-0.4, -0.2) is 36.6 Å². The number of urea groups is 2. The molecule has 1 aliphatic heterocycles. The van der Waals surface area contributed by atoms with E-state index in [9.17, 15) is 18.4 Å². The molecule has 0 unspecified atom stereocenters. The lowest BCUT2D eigenvalue weighted by Crippen LogP contribution is -2.49. The lowest BCUT2D eigenvalue weighted by molar-refractivity contribution is 0.192. The molecule has 28 heavy (non-hydrogen) atoms. The first-order chi connectivity index (χ1) is 13.5. The Balaban J connectivity index is 1.69. The van der Waals surface area contributed by atoms with Crippen molar-refractivity contribution >= 4 is 23.4 Å². The number of carbonyl (C=O) groups excluding carboxylic acids is 2. The summed E-state index contributed by atoms with van der Waals surface area (Å²) in [6.45, 7) is 3.56. The van der Waals surface area contributed by atoms with Gasteiger partial charge < -0.3 is 15.5 Å². The zero-order valence-electron chi connectivity index (χ0n) is 15.5. The van der Waals surface area contributed by atoms with Crippen molar-refractivity contribution in [3.63, 3.8) is 0 Å². The van der Waals surface area contributed by atoms with E-state index in [1.165, 1.54) is 12.1 Å². The molecule has 0 aromatic heterocycles. The highest BCUT2D eigenvalue weighted by atomic mass is 19.1. The molecule has 0 saturated carbocycles. The van der Waals surface area contributed by atoms with Crippen molar-refractivity contribution in [1.82, 2.24) is 10.2 Å². The highest BCUT2D eigenvalue weighted by molar-refractivity contribution is 5.93. The van der Waals surface area contributed by atoms with Gasteiger partial charge in [-0.3, -0.25) is 4.90 Å². The predicted octanol–water partition coefficient (Wildman–Crippen LogP) is 3.94. The first-order valence-corrected chi connectivity index (χ1v) is 9.12. The van der Waals surface area contributed by atoms with Gasteiger partial charge in [0.25, 0.3) is 0 Å². The monoisotopic (exact) mass is 388 g/mol. The van der Waals surface area contributed by atoms with Gasteiger partial charge >= 0.3 is 12.1 Å². The smallest absolute Gasteiger partial charge is 0.324 e. The zero-order valence-corrected chi connectivity index (χ0v) is 15.5. The number of benzene rings is 2. The van der Waals surface area contributed by atoms with Gasteiger partial charge in [0.15, 0.2) is 0 Å². The minimum Gasteiger partial charge on any atom is -0.338 e. The molecular formula is C20H22F2N4O2. The Labute approximate surface area is 162 Å². The molecule has 1 heterocycles. The predicted molar refractivity (Wildman–Crippen MR) is 103 cm³/mol. The molecular weight excluding hydrogens is 366 g/mol. The fourth-order valence-electron chi connectivity index (χ4n) is 3.15. The third-order valence-electron chi connectivity index (χ3n) is 4.38. The van der Waals surface area contributed by atoms with Crippen LogP contribution in [0.1, 0.15) is 18.9 Å². The molecule has 0 atom stereocenters. The topological polar surface area (TPSA) is 64.7 Å². The summed E-state index contributed by atoms with van der Waals surface area (Å²) < 4.78 is 26.8. The Kier molecular flexibility index (Phi) is 6.08. The van der Waals surface area contributed by atoms with Gasteiger partial charge in [0.2, 0.25) is 0 Å². The molecule has 6 nitrogen and oxygen atoms in total. The molecule has 0 bridgehead atoms. The molecule has 2 aromatic carbocycles. The molecule has 148 valence electrons. The molecule has 1 saturated heterocycles. The summed E-state index contributed by atoms with van der Waals surface area (Å²) >= 11 is 0. The maximum atomic E-state index is 13.4. The number of hydrogen-bond acceptors (Lipinski definition) is 2. The van der Waals surface area contributed by atoms with Crippen molar-refractivity contribution in [1.29, 1.82) is 0 Å². The maximum absolute atomic E-state index is 13.4. The van der Waals surface area contributed by atoms with Crippen LogP contribution in [0.15, 0.2) is 42.5 Å². The minimum absolute atomic E-state index is 0.140. The first-order valence-electron chi connectivity index (χ1n) is 9.12. The molecule has 3 rings (SSSR count). The van der Waals surface area contributed by atoms with Crippen LogP contribution >= 0.6 is 0 Å². The van der Waals surface area contributed by atoms with E-state index in [0.29, 0.717) is 36.6 Å². The fraction of sp³-hybridized carbons (Fsp3) is 0.300. The highest BCUT2D eigenvalue weighted by Gasteiger charge is 2.27. The summed E-state index contributed by atoms with van der Waals surface area (Å²) in [7, 11) is 0. The third-order valence-corrected chi connectivity index (χ3v) is 4.38. The second-order valence-corrected chi connectivity index (χ2v) is 6.52. The van der Waals surface area contributed by atoms with Gasteiger partial charge in [-0.1, -0.05) is 0 Å². The number of amides is 4. The van der Waals surface area contributed by atoms with Crippen molar-refractivity contribution in [3.05, 3.63) is 59.7 Å². The average Bonchev–Trinajstić information content (AvgIpc) is 2.64. The summed E-state index contributed by atoms with van der Waals surface area (Å²) in [5.41, 5.74) is 1.72. The summed E-state index contributed by atoms with van der Waals surface area (Å²) in [5, 5.41) is 5.34. The zero-order chi connectivity index (χ0) is 20.1. The van der Waals surface area contributed by atoms with E-state index in [1.54, 1.807) is 34.1 Å². The van der Waals surface area contributed by atoms with Crippen LogP contribution in [-0.2, 0) is 6.54 Å². The average molecular weight is 388 g/mol. The maximum Gasteiger partial charge on any atom is 0.324 e. The Morgan fingerprint density at radius 2 is 1.75 bits per heavy atom. The fourth-order valence-corrected chi connectivity index (χ4v) is 3.15. The highest BCUT2D eigenvalue weighted by Crippen LogP contribution is 2.23. The van der Waals surface area contributed by atoms with Crippen LogP contribution in [0.4, 0.5) is 29.7 Å². The Morgan fingerprint density at radius 3 is 2.39 bits per heavy atom. The van der Waals surface area contributed by atoms with Crippen LogP contribution in [0.2, 0.25) is 0 Å². The van der Waals surface area contributed by atoms with Crippen LogP contribution in [0.3, 0.4) is 0 Å². The first kappa shape index (κ1) is 19.6. The number of anilines is 2. The van der Waals surface area contributed by atoms with Crippen molar-refractivity contribution < 1.29 is 18.4 Å². The van der Waals surface area contributed by atoms with Crippen LogP contribution in [0.25, 0.3) is 0 Å². The summed E-state index contributed by atoms with van der Waals surface area (Å²) in [6.07, 6.45) is 0.739. The van der Waals surface area contributed by atoms with Gasteiger partial charge in [-0.2, -0.15) is 0 Å². The van der Waals surface area contributed by atoms with E-state index >= 15 is 0 Å². The summed E-state index contributed by atoms with van der Waals surface area (Å²) in [4.78, 5) is 27.6. The van der Waals surface area contributed by atoms with E-state index in [0.717, 1.165) is 12.5 Å². The molecule has 8 heteroatoms. The molecule has 2 aromatic rings. The molecule has 0 aliphatic carbocycles. The van der Waals surface area contributed by atoms with Gasteiger partial charge in [-0.05, 0) is 55.3 Å². The van der Waals surface area contributed by atoms with Crippen LogP contribution in [0, 0.1) is 11.6 Å². The largest absolute Gasteiger partial charge is 0.338 e. The molecule has 0 radical (unpaired) electrons. The number of nitrogens with zero attached hydrogens (tertiary/aromatic N) is 2. The number of halogens is 2. The van der Waals surface area contributed by atoms with Gasteiger partial charge in [0, 0.05) is 43.6 Å². The summed E-state index contributed by atoms with van der Waals surface area (Å²) in [5.74, 6) is -1.32. The van der Waals surface area contributed by atoms with Crippen LogP contribution < -0.4 is 15.5 Å². The van der Waals surface area contributed by atoms with Gasteiger partial charge in [0.1, 0.15) is 11.6 Å². The molecule has 2 N–H and O–H groups in total. The van der Waals surface area contributed by atoms with Gasteiger partial charge in [-0.15, -0.1) is 0 Å². The van der Waals surface area contributed by atoms with E-state index < -0.39 is 11.6 Å². The number of carbonyl (C=O) groups is 2. The second-order valence-electron chi connectivity index (χ2n) is 6.52. The molecule has 4 amide bonds. The molecule has 1 fully saturated rings. The van der Waals surface area contributed by atoms with E-state index in [4.69, 9.17) is 0 Å². The van der Waals surface area contributed by atoms with Crippen molar-refractivity contribution in [2.45, 2.75) is 19.9 Å². The number of rotatable bonds is 5. The summed E-state index contributed by atoms with van der Waals surface area (Å²) in [6, 6.07) is 9.71. The number of nitrogens with one attached hydrogen (secondary N) is 2. The van der Waals surface area contributed by atoms with Crippen molar-refractivity contribution in [3.8, 4) is 0 Å². The lowest BCUT2D eigenvalue weighted by atomic mass is 10.1. The van der Waals surface area contributed by atoms with Crippen molar-refractivity contribution in [2.24, 2.45) is 0 Å². The quantitative estimate of drug-likeness (QED) is 0.815. The van der Waals surface area contributed by atoms with Crippen molar-refractivity contribution in [2.75, 3.05) is 29.9 Å². The third kappa shape index (κ3) is 4.76. The number of hydrogen-bond donors (Lipinski definition) is 2. The van der Waals surface area contributed by atoms with Crippen LogP contribution in [0.5, 0.6) is 0 Å². The van der Waals surface area contributed by atoms with E-state index in [-0.39, 0.29) is 18.6 Å².